The number of hydrogen-bond donors (Lipinski definition) is 3. The molecule has 0 radical (unpaired) electrons. The van der Waals surface area contributed by atoms with E-state index in [9.17, 15) is 14.7 Å². The first-order valence-electron chi connectivity index (χ1n) is 6.28. The smallest absolute Gasteiger partial charge is 0.329 e. The number of carboxylic acids is 1. The lowest BCUT2D eigenvalue weighted by Gasteiger charge is -2.25. The van der Waals surface area contributed by atoms with Gasteiger partial charge in [-0.25, -0.2) is 9.59 Å². The number of carboxylic acid groups (broad SMARTS) is 1. The highest BCUT2D eigenvalue weighted by atomic mass is 32.2. The number of amides is 2. The summed E-state index contributed by atoms with van der Waals surface area (Å²) in [6, 6.07) is -0.368. The normalized spacial score (nSPS) is 19.2. The molecular weight excluding hydrogens is 252 g/mol. The third-order valence-corrected chi connectivity index (χ3v) is 4.18. The van der Waals surface area contributed by atoms with Crippen molar-refractivity contribution in [2.75, 3.05) is 18.6 Å². The second kappa shape index (κ2) is 6.87. The predicted molar refractivity (Wildman–Crippen MR) is 72.9 cm³/mol. The lowest BCUT2D eigenvalue weighted by molar-refractivity contribution is -0.144. The Morgan fingerprint density at radius 2 is 2.00 bits per heavy atom. The van der Waals surface area contributed by atoms with Crippen LogP contribution in [0.3, 0.4) is 0 Å². The van der Waals surface area contributed by atoms with Gasteiger partial charge in [-0.3, -0.25) is 0 Å². The van der Waals surface area contributed by atoms with Crippen LogP contribution in [0.1, 0.15) is 32.6 Å². The fourth-order valence-electron chi connectivity index (χ4n) is 2.24. The van der Waals surface area contributed by atoms with Crippen LogP contribution in [0.15, 0.2) is 0 Å². The van der Waals surface area contributed by atoms with Crippen LogP contribution in [0, 0.1) is 5.92 Å². The van der Waals surface area contributed by atoms with Crippen LogP contribution in [0.4, 0.5) is 4.79 Å². The molecule has 0 saturated heterocycles. The summed E-state index contributed by atoms with van der Waals surface area (Å²) < 4.78 is 0. The van der Waals surface area contributed by atoms with Crippen LogP contribution < -0.4 is 10.6 Å². The van der Waals surface area contributed by atoms with Gasteiger partial charge in [0.2, 0.25) is 0 Å². The fraction of sp³-hybridized carbons (Fsp3) is 0.833. The van der Waals surface area contributed by atoms with Gasteiger partial charge in [-0.05, 0) is 30.8 Å². The third kappa shape index (κ3) is 4.08. The molecule has 104 valence electrons. The van der Waals surface area contributed by atoms with Crippen molar-refractivity contribution in [1.82, 2.24) is 10.6 Å². The summed E-state index contributed by atoms with van der Waals surface area (Å²) in [4.78, 5) is 23.0. The van der Waals surface area contributed by atoms with E-state index in [0.29, 0.717) is 25.3 Å². The quantitative estimate of drug-likeness (QED) is 0.688. The highest BCUT2D eigenvalue weighted by Crippen LogP contribution is 2.29. The van der Waals surface area contributed by atoms with Gasteiger partial charge in [-0.1, -0.05) is 19.8 Å². The van der Waals surface area contributed by atoms with Crippen molar-refractivity contribution in [3.05, 3.63) is 0 Å². The monoisotopic (exact) mass is 274 g/mol. The predicted octanol–water partition coefficient (Wildman–Crippen LogP) is 1.68. The Kier molecular flexibility index (Phi) is 5.78. The largest absolute Gasteiger partial charge is 0.480 e. The van der Waals surface area contributed by atoms with E-state index in [1.807, 2.05) is 6.26 Å². The van der Waals surface area contributed by atoms with Gasteiger partial charge in [0.05, 0.1) is 0 Å². The topological polar surface area (TPSA) is 78.4 Å². The molecule has 0 spiro atoms. The molecule has 2 amide bonds. The zero-order chi connectivity index (χ0) is 13.6. The molecule has 0 aromatic heterocycles. The summed E-state index contributed by atoms with van der Waals surface area (Å²) in [5, 5.41) is 14.6. The molecule has 0 aromatic carbocycles. The van der Waals surface area contributed by atoms with Crippen LogP contribution in [0.5, 0.6) is 0 Å². The molecule has 1 aliphatic carbocycles. The Balaban J connectivity index is 2.41. The van der Waals surface area contributed by atoms with Crippen molar-refractivity contribution in [2.24, 2.45) is 5.92 Å². The average molecular weight is 274 g/mol. The van der Waals surface area contributed by atoms with Crippen molar-refractivity contribution >= 4 is 23.8 Å². The van der Waals surface area contributed by atoms with E-state index in [4.69, 9.17) is 0 Å². The second-order valence-corrected chi connectivity index (χ2v) is 5.90. The van der Waals surface area contributed by atoms with Crippen molar-refractivity contribution in [3.8, 4) is 0 Å². The Morgan fingerprint density at radius 1 is 1.39 bits per heavy atom. The Morgan fingerprint density at radius 3 is 2.50 bits per heavy atom. The lowest BCUT2D eigenvalue weighted by Crippen LogP contribution is -2.55. The van der Waals surface area contributed by atoms with Crippen LogP contribution in [0.2, 0.25) is 0 Å². The number of nitrogens with one attached hydrogen (secondary N) is 2. The summed E-state index contributed by atoms with van der Waals surface area (Å²) >= 11 is 1.73. The van der Waals surface area contributed by atoms with Gasteiger partial charge < -0.3 is 15.7 Å². The van der Waals surface area contributed by atoms with Crippen molar-refractivity contribution < 1.29 is 14.7 Å². The number of rotatable bonds is 6. The second-order valence-electron chi connectivity index (χ2n) is 4.99. The molecule has 0 bridgehead atoms. The molecular formula is C12H22N2O3S. The molecule has 3 N–H and O–H groups in total. The number of hydrogen-bond acceptors (Lipinski definition) is 3. The van der Waals surface area contributed by atoms with Gasteiger partial charge in [0.25, 0.3) is 0 Å². The standard InChI is InChI=1S/C12H22N2O3S/c1-9(8-18-2)7-13-11(17)14-12(10(15)16)5-3-4-6-12/h9H,3-8H2,1-2H3,(H,15,16)(H2,13,14,17). The SMILES string of the molecule is CSCC(C)CNC(=O)NC1(C(=O)O)CCCC1. The molecule has 1 aliphatic rings. The first kappa shape index (κ1) is 15.1. The van der Waals surface area contributed by atoms with Crippen LogP contribution in [-0.4, -0.2) is 41.2 Å². The van der Waals surface area contributed by atoms with Gasteiger partial charge in [0.1, 0.15) is 5.54 Å². The van der Waals surface area contributed by atoms with Crippen LogP contribution in [-0.2, 0) is 4.79 Å². The highest BCUT2D eigenvalue weighted by Gasteiger charge is 2.42. The van der Waals surface area contributed by atoms with Crippen molar-refractivity contribution in [2.45, 2.75) is 38.1 Å². The third-order valence-electron chi connectivity index (χ3n) is 3.28. The minimum absolute atomic E-state index is 0.368. The Labute approximate surface area is 112 Å². The molecule has 1 fully saturated rings. The molecule has 0 heterocycles. The zero-order valence-corrected chi connectivity index (χ0v) is 11.8. The molecule has 0 aromatic rings. The minimum atomic E-state index is -1.05. The van der Waals surface area contributed by atoms with Crippen LogP contribution >= 0.6 is 11.8 Å². The summed E-state index contributed by atoms with van der Waals surface area (Å²) in [5.41, 5.74) is -1.05. The summed E-state index contributed by atoms with van der Waals surface area (Å²) in [6.07, 6.45) is 4.78. The highest BCUT2D eigenvalue weighted by molar-refractivity contribution is 7.98. The molecule has 18 heavy (non-hydrogen) atoms. The maximum Gasteiger partial charge on any atom is 0.329 e. The van der Waals surface area contributed by atoms with Crippen molar-refractivity contribution in [1.29, 1.82) is 0 Å². The van der Waals surface area contributed by atoms with E-state index >= 15 is 0 Å². The fourth-order valence-corrected chi connectivity index (χ4v) is 2.93. The van der Waals surface area contributed by atoms with E-state index in [0.717, 1.165) is 18.6 Å². The van der Waals surface area contributed by atoms with Gasteiger partial charge >= 0.3 is 12.0 Å². The molecule has 1 rings (SSSR count). The van der Waals surface area contributed by atoms with Gasteiger partial charge in [-0.2, -0.15) is 11.8 Å². The first-order valence-corrected chi connectivity index (χ1v) is 7.68. The van der Waals surface area contributed by atoms with Crippen molar-refractivity contribution in [3.63, 3.8) is 0 Å². The minimum Gasteiger partial charge on any atom is -0.480 e. The van der Waals surface area contributed by atoms with E-state index in [2.05, 4.69) is 17.6 Å². The van der Waals surface area contributed by atoms with E-state index in [-0.39, 0.29) is 6.03 Å². The van der Waals surface area contributed by atoms with Gasteiger partial charge in [0.15, 0.2) is 0 Å². The molecule has 6 heteroatoms. The summed E-state index contributed by atoms with van der Waals surface area (Å²) in [6.45, 7) is 2.63. The first-order chi connectivity index (χ1) is 8.50. The number of carbonyl (C=O) groups is 2. The zero-order valence-electron chi connectivity index (χ0n) is 11.0. The van der Waals surface area contributed by atoms with Gasteiger partial charge in [-0.15, -0.1) is 0 Å². The maximum atomic E-state index is 11.7. The average Bonchev–Trinajstić information content (AvgIpc) is 2.77. The lowest BCUT2D eigenvalue weighted by atomic mass is 9.98. The summed E-state index contributed by atoms with van der Waals surface area (Å²) in [7, 11) is 0. The van der Waals surface area contributed by atoms with E-state index in [1.54, 1.807) is 11.8 Å². The van der Waals surface area contributed by atoms with Crippen LogP contribution in [0.25, 0.3) is 0 Å². The number of aliphatic carboxylic acids is 1. The number of urea groups is 1. The molecule has 1 atom stereocenters. The van der Waals surface area contributed by atoms with Gasteiger partial charge in [0, 0.05) is 6.54 Å². The molecule has 0 aliphatic heterocycles. The van der Waals surface area contributed by atoms with E-state index in [1.165, 1.54) is 0 Å². The number of thioether (sulfide) groups is 1. The number of carbonyl (C=O) groups excluding carboxylic acids is 1. The molecule has 5 nitrogen and oxygen atoms in total. The van der Waals surface area contributed by atoms with E-state index < -0.39 is 11.5 Å². The Bertz CT molecular complexity index is 304. The maximum absolute atomic E-state index is 11.7. The molecule has 1 saturated carbocycles. The Hall–Kier alpha value is -0.910. The summed E-state index contributed by atoms with van der Waals surface area (Å²) in [5.74, 6) is 0.437. The molecule has 1 unspecified atom stereocenters.